The number of carbonyl (C=O) groups excluding carboxylic acids is 1. The number of methoxy groups -OCH3 is 1. The molecule has 3 aromatic rings. The zero-order chi connectivity index (χ0) is 20.3. The molecule has 1 amide bonds. The van der Waals surface area contributed by atoms with Crippen LogP contribution >= 0.6 is 47.0 Å². The van der Waals surface area contributed by atoms with Crippen molar-refractivity contribution in [3.05, 3.63) is 69.4 Å². The number of hydrogen-bond acceptors (Lipinski definition) is 4. The van der Waals surface area contributed by atoms with Gasteiger partial charge in [0, 0.05) is 11.3 Å². The van der Waals surface area contributed by atoms with E-state index in [-0.39, 0.29) is 10.9 Å². The van der Waals surface area contributed by atoms with Gasteiger partial charge in [0.1, 0.15) is 11.5 Å². The summed E-state index contributed by atoms with van der Waals surface area (Å²) < 4.78 is 10.7. The van der Waals surface area contributed by atoms with E-state index < -0.39 is 5.91 Å². The Labute approximate surface area is 181 Å². The average Bonchev–Trinajstić information content (AvgIpc) is 3.14. The van der Waals surface area contributed by atoms with Gasteiger partial charge in [-0.05, 0) is 54.7 Å². The fraction of sp³-hybridized carbons (Fsp3) is 0.0526. The van der Waals surface area contributed by atoms with Gasteiger partial charge in [0.15, 0.2) is 10.9 Å². The third-order valence-electron chi connectivity index (χ3n) is 3.68. The van der Waals surface area contributed by atoms with Gasteiger partial charge < -0.3 is 14.5 Å². The monoisotopic (exact) mass is 454 g/mol. The van der Waals surface area contributed by atoms with E-state index in [1.54, 1.807) is 42.5 Å². The standard InChI is InChI=1S/C19H13Cl3N2O3S/c1-26-15-6-5-10(9-13(15)21)23-19(28)24-18(25)16-8-7-14(27-16)11-3-2-4-12(20)17(11)22/h2-9H,1H3,(H2,23,24,25,28). The molecule has 0 aliphatic rings. The minimum atomic E-state index is -0.512. The molecule has 0 spiro atoms. The van der Waals surface area contributed by atoms with Crippen LogP contribution in [0.15, 0.2) is 52.9 Å². The molecule has 0 saturated heterocycles. The highest BCUT2D eigenvalue weighted by molar-refractivity contribution is 7.80. The Kier molecular flexibility index (Phi) is 6.46. The van der Waals surface area contributed by atoms with Crippen LogP contribution in [0.2, 0.25) is 15.1 Å². The number of hydrogen-bond donors (Lipinski definition) is 2. The van der Waals surface area contributed by atoms with Gasteiger partial charge in [0.2, 0.25) is 0 Å². The SMILES string of the molecule is COc1ccc(NC(=S)NC(=O)c2ccc(-c3cccc(Cl)c3Cl)o2)cc1Cl. The van der Waals surface area contributed by atoms with Crippen LogP contribution in [0.1, 0.15) is 10.6 Å². The van der Waals surface area contributed by atoms with Crippen LogP contribution in [0.3, 0.4) is 0 Å². The fourth-order valence-electron chi connectivity index (χ4n) is 2.37. The number of halogens is 3. The molecule has 0 aliphatic carbocycles. The maximum atomic E-state index is 12.4. The van der Waals surface area contributed by atoms with Crippen molar-refractivity contribution >= 4 is 63.7 Å². The molecular formula is C19H13Cl3N2O3S. The molecular weight excluding hydrogens is 443 g/mol. The Hall–Kier alpha value is -2.25. The van der Waals surface area contributed by atoms with Crippen molar-refractivity contribution in [3.8, 4) is 17.1 Å². The number of benzene rings is 2. The maximum absolute atomic E-state index is 12.4. The molecule has 0 aliphatic heterocycles. The van der Waals surface area contributed by atoms with Crippen molar-refractivity contribution in [2.75, 3.05) is 12.4 Å². The highest BCUT2D eigenvalue weighted by Gasteiger charge is 2.16. The molecule has 1 aromatic heterocycles. The van der Waals surface area contributed by atoms with Crippen molar-refractivity contribution in [1.29, 1.82) is 0 Å². The molecule has 0 bridgehead atoms. The summed E-state index contributed by atoms with van der Waals surface area (Å²) in [5, 5.41) is 6.65. The van der Waals surface area contributed by atoms with Gasteiger partial charge in [0.05, 0.1) is 22.2 Å². The Bertz CT molecular complexity index is 1050. The molecule has 0 fully saturated rings. The van der Waals surface area contributed by atoms with Crippen LogP contribution < -0.4 is 15.4 Å². The average molecular weight is 456 g/mol. The topological polar surface area (TPSA) is 63.5 Å². The number of anilines is 1. The van der Waals surface area contributed by atoms with Gasteiger partial charge in [-0.15, -0.1) is 0 Å². The van der Waals surface area contributed by atoms with E-state index in [2.05, 4.69) is 10.6 Å². The van der Waals surface area contributed by atoms with Crippen LogP contribution in [0.25, 0.3) is 11.3 Å². The first-order chi connectivity index (χ1) is 13.4. The second kappa shape index (κ2) is 8.84. The van der Waals surface area contributed by atoms with Crippen LogP contribution in [0, 0.1) is 0 Å². The van der Waals surface area contributed by atoms with Gasteiger partial charge in [-0.25, -0.2) is 0 Å². The number of nitrogens with one attached hydrogen (secondary N) is 2. The van der Waals surface area contributed by atoms with E-state index in [0.29, 0.717) is 37.8 Å². The smallest absolute Gasteiger partial charge is 0.293 e. The lowest BCUT2D eigenvalue weighted by Gasteiger charge is -2.10. The summed E-state index contributed by atoms with van der Waals surface area (Å²) in [7, 11) is 1.52. The van der Waals surface area contributed by atoms with E-state index in [1.807, 2.05) is 0 Å². The number of carbonyl (C=O) groups is 1. The largest absolute Gasteiger partial charge is 0.495 e. The molecule has 0 radical (unpaired) electrons. The zero-order valence-electron chi connectivity index (χ0n) is 14.4. The molecule has 2 N–H and O–H groups in total. The van der Waals surface area contributed by atoms with Crippen LogP contribution in [-0.4, -0.2) is 18.1 Å². The number of thiocarbonyl (C=S) groups is 1. The summed E-state index contributed by atoms with van der Waals surface area (Å²) >= 11 is 23.4. The lowest BCUT2D eigenvalue weighted by molar-refractivity contribution is 0.0951. The highest BCUT2D eigenvalue weighted by Crippen LogP contribution is 2.34. The molecule has 3 rings (SSSR count). The van der Waals surface area contributed by atoms with Crippen molar-refractivity contribution in [3.63, 3.8) is 0 Å². The Morgan fingerprint density at radius 1 is 1.07 bits per heavy atom. The zero-order valence-corrected chi connectivity index (χ0v) is 17.5. The first kappa shape index (κ1) is 20.5. The second-order valence-corrected chi connectivity index (χ2v) is 7.12. The van der Waals surface area contributed by atoms with Gasteiger partial charge in [-0.2, -0.15) is 0 Å². The van der Waals surface area contributed by atoms with Crippen LogP contribution in [-0.2, 0) is 0 Å². The van der Waals surface area contributed by atoms with Crippen molar-refractivity contribution in [1.82, 2.24) is 5.32 Å². The van der Waals surface area contributed by atoms with Crippen LogP contribution in [0.4, 0.5) is 5.69 Å². The quantitative estimate of drug-likeness (QED) is 0.469. The first-order valence-electron chi connectivity index (χ1n) is 7.89. The van der Waals surface area contributed by atoms with Gasteiger partial charge >= 0.3 is 0 Å². The number of ether oxygens (including phenoxy) is 1. The Morgan fingerprint density at radius 3 is 2.57 bits per heavy atom. The second-order valence-electron chi connectivity index (χ2n) is 5.52. The third kappa shape index (κ3) is 4.59. The molecule has 1 heterocycles. The summed E-state index contributed by atoms with van der Waals surface area (Å²) in [6, 6.07) is 13.3. The van der Waals surface area contributed by atoms with E-state index in [4.69, 9.17) is 56.2 Å². The summed E-state index contributed by atoms with van der Waals surface area (Å²) in [4.78, 5) is 12.4. The number of furan rings is 1. The predicted octanol–water partition coefficient (Wildman–Crippen LogP) is 6.04. The Balaban J connectivity index is 1.68. The molecule has 5 nitrogen and oxygen atoms in total. The summed E-state index contributed by atoms with van der Waals surface area (Å²) in [6.07, 6.45) is 0. The van der Waals surface area contributed by atoms with E-state index in [0.717, 1.165) is 0 Å². The molecule has 0 unspecified atom stereocenters. The lowest BCUT2D eigenvalue weighted by Crippen LogP contribution is -2.33. The Morgan fingerprint density at radius 2 is 1.86 bits per heavy atom. The van der Waals surface area contributed by atoms with Crippen LogP contribution in [0.5, 0.6) is 5.75 Å². The van der Waals surface area contributed by atoms with E-state index in [1.165, 1.54) is 13.2 Å². The third-order valence-corrected chi connectivity index (χ3v) is 5.00. The minimum absolute atomic E-state index is 0.0722. The van der Waals surface area contributed by atoms with E-state index in [9.17, 15) is 4.79 Å². The maximum Gasteiger partial charge on any atom is 0.293 e. The fourth-order valence-corrected chi connectivity index (χ4v) is 3.23. The lowest BCUT2D eigenvalue weighted by atomic mass is 10.2. The number of rotatable bonds is 4. The number of amides is 1. The van der Waals surface area contributed by atoms with Crippen molar-refractivity contribution < 1.29 is 13.9 Å². The summed E-state index contributed by atoms with van der Waals surface area (Å²) in [5.74, 6) is 0.507. The van der Waals surface area contributed by atoms with Gasteiger partial charge in [-0.1, -0.05) is 40.9 Å². The first-order valence-corrected chi connectivity index (χ1v) is 9.43. The minimum Gasteiger partial charge on any atom is -0.495 e. The van der Waals surface area contributed by atoms with Gasteiger partial charge in [-0.3, -0.25) is 10.1 Å². The van der Waals surface area contributed by atoms with E-state index >= 15 is 0 Å². The highest BCUT2D eigenvalue weighted by atomic mass is 35.5. The molecule has 144 valence electrons. The summed E-state index contributed by atoms with van der Waals surface area (Å²) in [6.45, 7) is 0. The molecule has 0 saturated carbocycles. The molecule has 9 heteroatoms. The molecule has 0 atom stereocenters. The van der Waals surface area contributed by atoms with Crippen molar-refractivity contribution in [2.45, 2.75) is 0 Å². The molecule has 2 aromatic carbocycles. The molecule has 28 heavy (non-hydrogen) atoms. The van der Waals surface area contributed by atoms with Crippen molar-refractivity contribution in [2.24, 2.45) is 0 Å². The summed E-state index contributed by atoms with van der Waals surface area (Å²) in [5.41, 5.74) is 1.18. The normalized spacial score (nSPS) is 10.4. The predicted molar refractivity (Wildman–Crippen MR) is 116 cm³/mol. The van der Waals surface area contributed by atoms with Gasteiger partial charge in [0.25, 0.3) is 5.91 Å².